The molecule has 0 amide bonds. The van der Waals surface area contributed by atoms with E-state index >= 15 is 0 Å². The van der Waals surface area contributed by atoms with Crippen LogP contribution in [0.4, 0.5) is 0 Å². The Morgan fingerprint density at radius 3 is 2.41 bits per heavy atom. The maximum atomic E-state index is 5.53. The van der Waals surface area contributed by atoms with Crippen LogP contribution in [0.15, 0.2) is 64.4 Å². The van der Waals surface area contributed by atoms with Gasteiger partial charge in [-0.15, -0.1) is 0 Å². The van der Waals surface area contributed by atoms with Crippen LogP contribution in [-0.2, 0) is 6.42 Å². The van der Waals surface area contributed by atoms with Gasteiger partial charge in [0.25, 0.3) is 0 Å². The van der Waals surface area contributed by atoms with Crippen molar-refractivity contribution in [1.29, 1.82) is 0 Å². The third-order valence-corrected chi connectivity index (χ3v) is 3.54. The molecule has 0 aliphatic carbocycles. The first-order chi connectivity index (χ1) is 8.38. The molecule has 0 aliphatic rings. The molecule has 0 aromatic heterocycles. The Labute approximate surface area is 107 Å². The monoisotopic (exact) mass is 243 g/mol. The van der Waals surface area contributed by atoms with Gasteiger partial charge in [-0.3, -0.25) is 0 Å². The second-order valence-corrected chi connectivity index (χ2v) is 5.10. The van der Waals surface area contributed by atoms with Gasteiger partial charge in [-0.2, -0.15) is 0 Å². The van der Waals surface area contributed by atoms with E-state index in [2.05, 4.69) is 48.5 Å². The fraction of sp³-hybridized carbons (Fsp3) is 0.200. The normalized spacial score (nSPS) is 10.4. The summed E-state index contributed by atoms with van der Waals surface area (Å²) in [4.78, 5) is 2.58. The first-order valence-corrected chi connectivity index (χ1v) is 6.72. The molecule has 0 bridgehead atoms. The number of benzene rings is 2. The molecule has 1 nitrogen and oxygen atoms in total. The van der Waals surface area contributed by atoms with E-state index in [4.69, 9.17) is 5.73 Å². The molecule has 0 fully saturated rings. The SMILES string of the molecule is NCCCc1cccc(Sc2ccccc2)c1. The highest BCUT2D eigenvalue weighted by Crippen LogP contribution is 2.27. The standard InChI is InChI=1S/C15H17NS/c16-11-5-7-13-6-4-10-15(12-13)17-14-8-2-1-3-9-14/h1-4,6,8-10,12H,5,7,11,16H2. The molecule has 2 heteroatoms. The van der Waals surface area contributed by atoms with E-state index in [0.717, 1.165) is 19.4 Å². The molecule has 88 valence electrons. The molecule has 0 spiro atoms. The summed E-state index contributed by atoms with van der Waals surface area (Å²) in [5.41, 5.74) is 6.90. The van der Waals surface area contributed by atoms with Crippen LogP contribution in [0.3, 0.4) is 0 Å². The number of hydrogen-bond acceptors (Lipinski definition) is 2. The van der Waals surface area contributed by atoms with E-state index in [9.17, 15) is 0 Å². The van der Waals surface area contributed by atoms with E-state index in [1.165, 1.54) is 15.4 Å². The molecule has 2 rings (SSSR count). The lowest BCUT2D eigenvalue weighted by molar-refractivity contribution is 0.830. The van der Waals surface area contributed by atoms with E-state index in [-0.39, 0.29) is 0 Å². The lowest BCUT2D eigenvalue weighted by Crippen LogP contribution is -2.00. The van der Waals surface area contributed by atoms with Crippen molar-refractivity contribution >= 4 is 11.8 Å². The zero-order chi connectivity index (χ0) is 11.9. The van der Waals surface area contributed by atoms with Gasteiger partial charge in [0.15, 0.2) is 0 Å². The summed E-state index contributed by atoms with van der Waals surface area (Å²) >= 11 is 1.80. The topological polar surface area (TPSA) is 26.0 Å². The summed E-state index contributed by atoms with van der Waals surface area (Å²) in [6.45, 7) is 0.760. The molecule has 0 unspecified atom stereocenters. The highest BCUT2D eigenvalue weighted by molar-refractivity contribution is 7.99. The predicted octanol–water partition coefficient (Wildman–Crippen LogP) is 3.73. The fourth-order valence-corrected chi connectivity index (χ4v) is 2.62. The van der Waals surface area contributed by atoms with Crippen LogP contribution in [0.2, 0.25) is 0 Å². The summed E-state index contributed by atoms with van der Waals surface area (Å²) in [5, 5.41) is 0. The second kappa shape index (κ2) is 6.48. The summed E-state index contributed by atoms with van der Waals surface area (Å²) in [5.74, 6) is 0. The summed E-state index contributed by atoms with van der Waals surface area (Å²) in [7, 11) is 0. The van der Waals surface area contributed by atoms with Crippen molar-refractivity contribution in [3.05, 3.63) is 60.2 Å². The molecule has 0 saturated carbocycles. The first kappa shape index (κ1) is 12.2. The Kier molecular flexibility index (Phi) is 4.65. The summed E-state index contributed by atoms with van der Waals surface area (Å²) in [6.07, 6.45) is 2.12. The van der Waals surface area contributed by atoms with Crippen LogP contribution >= 0.6 is 11.8 Å². The van der Waals surface area contributed by atoms with Crippen LogP contribution in [0.5, 0.6) is 0 Å². The predicted molar refractivity (Wildman–Crippen MR) is 74.4 cm³/mol. The quantitative estimate of drug-likeness (QED) is 0.866. The number of aryl methyl sites for hydroxylation is 1. The molecular formula is C15H17NS. The maximum Gasteiger partial charge on any atom is 0.0125 e. The fourth-order valence-electron chi connectivity index (χ4n) is 1.70. The van der Waals surface area contributed by atoms with Crippen molar-refractivity contribution in [2.24, 2.45) is 5.73 Å². The van der Waals surface area contributed by atoms with Gasteiger partial charge in [-0.1, -0.05) is 42.1 Å². The second-order valence-electron chi connectivity index (χ2n) is 3.95. The molecule has 0 aliphatic heterocycles. The third kappa shape index (κ3) is 3.91. The molecular weight excluding hydrogens is 226 g/mol. The first-order valence-electron chi connectivity index (χ1n) is 5.90. The van der Waals surface area contributed by atoms with Gasteiger partial charge < -0.3 is 5.73 Å². The van der Waals surface area contributed by atoms with Gasteiger partial charge in [0.2, 0.25) is 0 Å². The average Bonchev–Trinajstić information content (AvgIpc) is 2.38. The number of hydrogen-bond donors (Lipinski definition) is 1. The molecule has 2 aromatic carbocycles. The lowest BCUT2D eigenvalue weighted by atomic mass is 10.1. The number of rotatable bonds is 5. The van der Waals surface area contributed by atoms with Gasteiger partial charge in [-0.25, -0.2) is 0 Å². The van der Waals surface area contributed by atoms with Crippen molar-refractivity contribution in [1.82, 2.24) is 0 Å². The van der Waals surface area contributed by atoms with Crippen LogP contribution in [0, 0.1) is 0 Å². The van der Waals surface area contributed by atoms with Crippen molar-refractivity contribution in [3.63, 3.8) is 0 Å². The van der Waals surface area contributed by atoms with Crippen LogP contribution in [0.25, 0.3) is 0 Å². The highest BCUT2D eigenvalue weighted by Gasteiger charge is 1.98. The largest absolute Gasteiger partial charge is 0.330 e. The number of nitrogens with two attached hydrogens (primary N) is 1. The molecule has 2 aromatic rings. The van der Waals surface area contributed by atoms with Crippen LogP contribution < -0.4 is 5.73 Å². The van der Waals surface area contributed by atoms with E-state index in [1.54, 1.807) is 11.8 Å². The van der Waals surface area contributed by atoms with E-state index in [0.29, 0.717) is 0 Å². The van der Waals surface area contributed by atoms with Gasteiger partial charge in [-0.05, 0) is 49.2 Å². The molecule has 0 atom stereocenters. The molecule has 2 N–H and O–H groups in total. The molecule has 0 saturated heterocycles. The molecule has 0 heterocycles. The lowest BCUT2D eigenvalue weighted by Gasteiger charge is -2.04. The highest BCUT2D eigenvalue weighted by atomic mass is 32.2. The van der Waals surface area contributed by atoms with Gasteiger partial charge >= 0.3 is 0 Å². The molecule has 17 heavy (non-hydrogen) atoms. The van der Waals surface area contributed by atoms with E-state index in [1.807, 2.05) is 6.07 Å². The van der Waals surface area contributed by atoms with Gasteiger partial charge in [0.1, 0.15) is 0 Å². The Hall–Kier alpha value is -1.25. The third-order valence-electron chi connectivity index (χ3n) is 2.55. The minimum Gasteiger partial charge on any atom is -0.330 e. The van der Waals surface area contributed by atoms with Gasteiger partial charge in [0, 0.05) is 9.79 Å². The minimum absolute atomic E-state index is 0.760. The van der Waals surface area contributed by atoms with Crippen molar-refractivity contribution < 1.29 is 0 Å². The Morgan fingerprint density at radius 1 is 0.882 bits per heavy atom. The Bertz CT molecular complexity index is 453. The van der Waals surface area contributed by atoms with Crippen molar-refractivity contribution in [2.75, 3.05) is 6.54 Å². The zero-order valence-corrected chi connectivity index (χ0v) is 10.6. The maximum absolute atomic E-state index is 5.53. The van der Waals surface area contributed by atoms with Crippen molar-refractivity contribution in [2.45, 2.75) is 22.6 Å². The summed E-state index contributed by atoms with van der Waals surface area (Å²) < 4.78 is 0. The summed E-state index contributed by atoms with van der Waals surface area (Å²) in [6, 6.07) is 19.2. The van der Waals surface area contributed by atoms with Crippen LogP contribution in [0.1, 0.15) is 12.0 Å². The van der Waals surface area contributed by atoms with Crippen molar-refractivity contribution in [3.8, 4) is 0 Å². The minimum atomic E-state index is 0.760. The Balaban J connectivity index is 2.06. The van der Waals surface area contributed by atoms with Crippen LogP contribution in [-0.4, -0.2) is 6.54 Å². The average molecular weight is 243 g/mol. The zero-order valence-electron chi connectivity index (χ0n) is 9.80. The van der Waals surface area contributed by atoms with Gasteiger partial charge in [0.05, 0.1) is 0 Å². The van der Waals surface area contributed by atoms with E-state index < -0.39 is 0 Å². The molecule has 0 radical (unpaired) electrons. The smallest absolute Gasteiger partial charge is 0.0125 e. The Morgan fingerprint density at radius 2 is 1.65 bits per heavy atom.